The van der Waals surface area contributed by atoms with Crippen LogP contribution >= 0.6 is 0 Å². The Kier molecular flexibility index (Phi) is 3.85. The van der Waals surface area contributed by atoms with Gasteiger partial charge < -0.3 is 10.6 Å². The van der Waals surface area contributed by atoms with Gasteiger partial charge >= 0.3 is 0 Å². The van der Waals surface area contributed by atoms with Gasteiger partial charge in [0, 0.05) is 12.1 Å². The molecule has 2 aliphatic carbocycles. The zero-order valence-corrected chi connectivity index (χ0v) is 10.5. The van der Waals surface area contributed by atoms with Crippen LogP contribution in [-0.4, -0.2) is 24.0 Å². The van der Waals surface area contributed by atoms with E-state index in [4.69, 9.17) is 0 Å². The Balaban J connectivity index is 1.72. The summed E-state index contributed by atoms with van der Waals surface area (Å²) in [7, 11) is 0. The van der Waals surface area contributed by atoms with E-state index in [2.05, 4.69) is 17.6 Å². The van der Waals surface area contributed by atoms with Crippen molar-refractivity contribution >= 4 is 5.91 Å². The predicted octanol–water partition coefficient (Wildman–Crippen LogP) is 1.82. The van der Waals surface area contributed by atoms with Gasteiger partial charge in [0.25, 0.3) is 0 Å². The van der Waals surface area contributed by atoms with Gasteiger partial charge in [0.15, 0.2) is 0 Å². The van der Waals surface area contributed by atoms with E-state index in [0.29, 0.717) is 12.1 Å². The molecule has 1 amide bonds. The SMILES string of the molecule is CC1CCCC(NC(C)C(=O)NC2CC2)C1. The number of rotatable bonds is 4. The number of hydrogen-bond donors (Lipinski definition) is 2. The summed E-state index contributed by atoms with van der Waals surface area (Å²) in [6, 6.07) is 0.988. The minimum atomic E-state index is -0.0316. The van der Waals surface area contributed by atoms with Gasteiger partial charge in [-0.05, 0) is 38.5 Å². The zero-order chi connectivity index (χ0) is 11.5. The molecule has 0 bridgehead atoms. The second-order valence-electron chi connectivity index (χ2n) is 5.64. The summed E-state index contributed by atoms with van der Waals surface area (Å²) in [5.41, 5.74) is 0. The Morgan fingerprint density at radius 1 is 1.19 bits per heavy atom. The Hall–Kier alpha value is -0.570. The minimum absolute atomic E-state index is 0.0316. The highest BCUT2D eigenvalue weighted by Gasteiger charge is 2.27. The highest BCUT2D eigenvalue weighted by atomic mass is 16.2. The van der Waals surface area contributed by atoms with Gasteiger partial charge in [0.2, 0.25) is 5.91 Å². The second kappa shape index (κ2) is 5.17. The van der Waals surface area contributed by atoms with Crippen LogP contribution in [0.2, 0.25) is 0 Å². The number of amides is 1. The Bertz CT molecular complexity index is 250. The van der Waals surface area contributed by atoms with Crippen LogP contribution in [0.15, 0.2) is 0 Å². The molecule has 2 saturated carbocycles. The lowest BCUT2D eigenvalue weighted by Gasteiger charge is -2.29. The van der Waals surface area contributed by atoms with Crippen molar-refractivity contribution in [2.24, 2.45) is 5.92 Å². The van der Waals surface area contributed by atoms with Gasteiger partial charge in [-0.25, -0.2) is 0 Å². The lowest BCUT2D eigenvalue weighted by Crippen LogP contribution is -2.48. The number of hydrogen-bond acceptors (Lipinski definition) is 2. The average Bonchev–Trinajstić information content (AvgIpc) is 3.01. The van der Waals surface area contributed by atoms with Crippen LogP contribution in [0.3, 0.4) is 0 Å². The maximum absolute atomic E-state index is 11.8. The zero-order valence-electron chi connectivity index (χ0n) is 10.5. The maximum atomic E-state index is 11.8. The van der Waals surface area contributed by atoms with E-state index in [9.17, 15) is 4.79 Å². The van der Waals surface area contributed by atoms with Crippen molar-refractivity contribution in [1.82, 2.24) is 10.6 Å². The largest absolute Gasteiger partial charge is 0.352 e. The van der Waals surface area contributed by atoms with Crippen molar-refractivity contribution in [2.45, 2.75) is 70.5 Å². The molecule has 16 heavy (non-hydrogen) atoms. The molecule has 3 unspecified atom stereocenters. The van der Waals surface area contributed by atoms with Crippen molar-refractivity contribution in [1.29, 1.82) is 0 Å². The fraction of sp³-hybridized carbons (Fsp3) is 0.923. The minimum Gasteiger partial charge on any atom is -0.352 e. The fourth-order valence-corrected chi connectivity index (χ4v) is 2.57. The Morgan fingerprint density at radius 2 is 1.94 bits per heavy atom. The molecule has 0 aromatic rings. The third-order valence-electron chi connectivity index (χ3n) is 3.74. The molecule has 3 heteroatoms. The molecule has 2 aliphatic rings. The van der Waals surface area contributed by atoms with Crippen molar-refractivity contribution in [3.63, 3.8) is 0 Å². The number of nitrogens with one attached hydrogen (secondary N) is 2. The molecule has 92 valence electrons. The number of carbonyl (C=O) groups is 1. The molecule has 2 N–H and O–H groups in total. The van der Waals surface area contributed by atoms with Gasteiger partial charge in [0.05, 0.1) is 6.04 Å². The third kappa shape index (κ3) is 3.48. The molecule has 0 spiro atoms. The number of carbonyl (C=O) groups excluding carboxylic acids is 1. The Morgan fingerprint density at radius 3 is 2.56 bits per heavy atom. The van der Waals surface area contributed by atoms with Crippen molar-refractivity contribution in [3.05, 3.63) is 0 Å². The molecule has 0 aromatic carbocycles. The van der Waals surface area contributed by atoms with E-state index in [1.165, 1.54) is 38.5 Å². The molecule has 0 aliphatic heterocycles. The summed E-state index contributed by atoms with van der Waals surface area (Å²) in [6.45, 7) is 4.29. The quantitative estimate of drug-likeness (QED) is 0.765. The molecular formula is C13H24N2O. The van der Waals surface area contributed by atoms with E-state index < -0.39 is 0 Å². The van der Waals surface area contributed by atoms with Gasteiger partial charge in [-0.15, -0.1) is 0 Å². The van der Waals surface area contributed by atoms with Crippen molar-refractivity contribution in [3.8, 4) is 0 Å². The normalized spacial score (nSPS) is 32.1. The van der Waals surface area contributed by atoms with Crippen molar-refractivity contribution in [2.75, 3.05) is 0 Å². The molecule has 0 saturated heterocycles. The van der Waals surface area contributed by atoms with Crippen LogP contribution in [0.25, 0.3) is 0 Å². The first kappa shape index (κ1) is 11.9. The first-order valence-corrected chi connectivity index (χ1v) is 6.71. The predicted molar refractivity (Wildman–Crippen MR) is 65.2 cm³/mol. The molecular weight excluding hydrogens is 200 g/mol. The molecule has 3 atom stereocenters. The monoisotopic (exact) mass is 224 g/mol. The van der Waals surface area contributed by atoms with E-state index in [-0.39, 0.29) is 11.9 Å². The fourth-order valence-electron chi connectivity index (χ4n) is 2.57. The van der Waals surface area contributed by atoms with E-state index >= 15 is 0 Å². The summed E-state index contributed by atoms with van der Waals surface area (Å²) in [5.74, 6) is 0.991. The second-order valence-corrected chi connectivity index (χ2v) is 5.64. The molecule has 2 rings (SSSR count). The maximum Gasteiger partial charge on any atom is 0.237 e. The van der Waals surface area contributed by atoms with Crippen LogP contribution < -0.4 is 10.6 Å². The topological polar surface area (TPSA) is 41.1 Å². The average molecular weight is 224 g/mol. The van der Waals surface area contributed by atoms with E-state index in [1.807, 2.05) is 6.92 Å². The lowest BCUT2D eigenvalue weighted by atomic mass is 9.87. The van der Waals surface area contributed by atoms with Crippen LogP contribution in [-0.2, 0) is 4.79 Å². The van der Waals surface area contributed by atoms with Gasteiger partial charge in [-0.2, -0.15) is 0 Å². The van der Waals surface area contributed by atoms with Crippen LogP contribution in [0.4, 0.5) is 0 Å². The first-order chi connectivity index (χ1) is 7.65. The summed E-state index contributed by atoms with van der Waals surface area (Å²) < 4.78 is 0. The van der Waals surface area contributed by atoms with Gasteiger partial charge in [0.1, 0.15) is 0 Å². The van der Waals surface area contributed by atoms with E-state index in [1.54, 1.807) is 0 Å². The van der Waals surface area contributed by atoms with Crippen LogP contribution in [0.5, 0.6) is 0 Å². The summed E-state index contributed by atoms with van der Waals surface area (Å²) >= 11 is 0. The lowest BCUT2D eigenvalue weighted by molar-refractivity contribution is -0.123. The summed E-state index contributed by atoms with van der Waals surface area (Å²) in [5, 5.41) is 6.52. The van der Waals surface area contributed by atoms with Crippen LogP contribution in [0, 0.1) is 5.92 Å². The highest BCUT2D eigenvalue weighted by molar-refractivity contribution is 5.81. The van der Waals surface area contributed by atoms with Gasteiger partial charge in [-0.3, -0.25) is 4.79 Å². The van der Waals surface area contributed by atoms with Gasteiger partial charge in [-0.1, -0.05) is 19.8 Å². The third-order valence-corrected chi connectivity index (χ3v) is 3.74. The Labute approximate surface area is 98.4 Å². The van der Waals surface area contributed by atoms with Crippen LogP contribution in [0.1, 0.15) is 52.4 Å². The molecule has 3 nitrogen and oxygen atoms in total. The molecule has 2 fully saturated rings. The first-order valence-electron chi connectivity index (χ1n) is 6.71. The van der Waals surface area contributed by atoms with E-state index in [0.717, 1.165) is 5.92 Å². The highest BCUT2D eigenvalue weighted by Crippen LogP contribution is 2.24. The molecule has 0 heterocycles. The summed E-state index contributed by atoms with van der Waals surface area (Å²) in [6.07, 6.45) is 7.43. The standard InChI is InChI=1S/C13H24N2O/c1-9-4-3-5-12(8-9)14-10(2)13(16)15-11-6-7-11/h9-12,14H,3-8H2,1-2H3,(H,15,16). The smallest absolute Gasteiger partial charge is 0.237 e. The molecule has 0 aromatic heterocycles. The summed E-state index contributed by atoms with van der Waals surface area (Å²) in [4.78, 5) is 11.8. The molecule has 0 radical (unpaired) electrons. The van der Waals surface area contributed by atoms with Crippen molar-refractivity contribution < 1.29 is 4.79 Å².